The summed E-state index contributed by atoms with van der Waals surface area (Å²) in [6.07, 6.45) is 2.02. The highest BCUT2D eigenvalue weighted by atomic mass is 35.5. The number of halogens is 1. The van der Waals surface area contributed by atoms with Gasteiger partial charge in [-0.2, -0.15) is 0 Å². The number of anilines is 1. The monoisotopic (exact) mass is 315 g/mol. The van der Waals surface area contributed by atoms with E-state index in [0.29, 0.717) is 5.69 Å². The van der Waals surface area contributed by atoms with E-state index in [1.807, 2.05) is 48.3 Å². The Morgan fingerprint density at radius 1 is 1.27 bits per heavy atom. The van der Waals surface area contributed by atoms with Crippen molar-refractivity contribution in [2.75, 3.05) is 5.01 Å². The molecule has 2 N–H and O–H groups in total. The van der Waals surface area contributed by atoms with Crippen molar-refractivity contribution in [3.8, 4) is 0 Å². The van der Waals surface area contributed by atoms with E-state index in [2.05, 4.69) is 10.4 Å². The molecule has 112 valence electrons. The van der Waals surface area contributed by atoms with E-state index in [1.165, 1.54) is 6.07 Å². The van der Waals surface area contributed by atoms with Gasteiger partial charge in [0.25, 0.3) is 0 Å². The summed E-state index contributed by atoms with van der Waals surface area (Å²) in [5.74, 6) is -1.09. The fraction of sp³-hybridized carbons (Fsp3) is 0.125. The molecule has 2 aromatic rings. The van der Waals surface area contributed by atoms with Crippen LogP contribution in [0.2, 0.25) is 5.15 Å². The molecule has 0 spiro atoms. The van der Waals surface area contributed by atoms with Gasteiger partial charge in [-0.1, -0.05) is 29.8 Å². The first-order valence-electron chi connectivity index (χ1n) is 6.79. The third kappa shape index (κ3) is 2.68. The van der Waals surface area contributed by atoms with E-state index in [1.54, 1.807) is 6.07 Å². The number of aromatic carboxylic acids is 1. The van der Waals surface area contributed by atoms with Gasteiger partial charge in [0.2, 0.25) is 0 Å². The Labute approximate surface area is 132 Å². The molecular formula is C16H14ClN3O2. The van der Waals surface area contributed by atoms with Gasteiger partial charge < -0.3 is 5.11 Å². The number of hydrogen-bond donors (Lipinski definition) is 2. The molecule has 1 atom stereocenters. The number of rotatable bonds is 3. The molecule has 0 radical (unpaired) electrons. The summed E-state index contributed by atoms with van der Waals surface area (Å²) in [5, 5.41) is 10.9. The van der Waals surface area contributed by atoms with Crippen LogP contribution < -0.4 is 10.4 Å². The van der Waals surface area contributed by atoms with Gasteiger partial charge in [-0.3, -0.25) is 5.01 Å². The van der Waals surface area contributed by atoms with Crippen LogP contribution in [-0.4, -0.2) is 22.1 Å². The molecule has 1 aromatic carbocycles. The zero-order chi connectivity index (χ0) is 15.7. The molecule has 2 heterocycles. The highest BCUT2D eigenvalue weighted by Crippen LogP contribution is 2.29. The number of aromatic nitrogens is 1. The molecule has 3 rings (SSSR count). The lowest BCUT2D eigenvalue weighted by molar-refractivity contribution is 0.0696. The van der Waals surface area contributed by atoms with Gasteiger partial charge in [-0.05, 0) is 37.3 Å². The molecule has 0 saturated carbocycles. The average Bonchev–Trinajstić information content (AvgIpc) is 2.89. The van der Waals surface area contributed by atoms with Crippen LogP contribution in [0, 0.1) is 0 Å². The van der Waals surface area contributed by atoms with Crippen LogP contribution in [0.25, 0.3) is 5.70 Å². The first-order valence-corrected chi connectivity index (χ1v) is 7.17. The van der Waals surface area contributed by atoms with E-state index in [9.17, 15) is 4.79 Å². The number of carboxylic acid groups (broad SMARTS) is 1. The molecule has 0 amide bonds. The molecular weight excluding hydrogens is 302 g/mol. The zero-order valence-corrected chi connectivity index (χ0v) is 12.6. The number of benzene rings is 1. The maximum atomic E-state index is 11.0. The van der Waals surface area contributed by atoms with Crippen LogP contribution in [-0.2, 0) is 0 Å². The number of nitrogens with one attached hydrogen (secondary N) is 1. The minimum atomic E-state index is -1.09. The predicted molar refractivity (Wildman–Crippen MR) is 85.7 cm³/mol. The number of para-hydroxylation sites is 1. The maximum Gasteiger partial charge on any atom is 0.338 e. The number of carbonyl (C=O) groups is 1. The number of hydrogen-bond acceptors (Lipinski definition) is 4. The molecule has 0 saturated heterocycles. The number of nitrogens with zero attached hydrogens (tertiary/aromatic N) is 2. The molecule has 1 aliphatic rings. The minimum Gasteiger partial charge on any atom is -0.478 e. The molecule has 1 aromatic heterocycles. The van der Waals surface area contributed by atoms with Crippen molar-refractivity contribution < 1.29 is 9.90 Å². The second kappa shape index (κ2) is 5.79. The Kier molecular flexibility index (Phi) is 3.83. The molecule has 0 aliphatic carbocycles. The fourth-order valence-corrected chi connectivity index (χ4v) is 2.58. The summed E-state index contributed by atoms with van der Waals surface area (Å²) in [5.41, 5.74) is 5.75. The van der Waals surface area contributed by atoms with Crippen molar-refractivity contribution in [2.24, 2.45) is 0 Å². The highest BCUT2D eigenvalue weighted by molar-refractivity contribution is 6.32. The van der Waals surface area contributed by atoms with Crippen molar-refractivity contribution in [2.45, 2.75) is 13.0 Å². The highest BCUT2D eigenvalue weighted by Gasteiger charge is 2.24. The molecule has 22 heavy (non-hydrogen) atoms. The maximum absolute atomic E-state index is 11.0. The topological polar surface area (TPSA) is 65.5 Å². The van der Waals surface area contributed by atoms with Crippen LogP contribution in [0.3, 0.4) is 0 Å². The third-order valence-electron chi connectivity index (χ3n) is 3.34. The summed E-state index contributed by atoms with van der Waals surface area (Å²) in [4.78, 5) is 15.3. The molecule has 0 bridgehead atoms. The van der Waals surface area contributed by atoms with Crippen LogP contribution in [0.15, 0.2) is 48.5 Å². The molecule has 5 nitrogen and oxygen atoms in total. The van der Waals surface area contributed by atoms with E-state index in [4.69, 9.17) is 16.7 Å². The van der Waals surface area contributed by atoms with E-state index < -0.39 is 5.97 Å². The minimum absolute atomic E-state index is 0.00344. The Balaban J connectivity index is 2.00. The van der Waals surface area contributed by atoms with Crippen molar-refractivity contribution >= 4 is 29.0 Å². The number of hydrazine groups is 1. The average molecular weight is 316 g/mol. The van der Waals surface area contributed by atoms with E-state index >= 15 is 0 Å². The Morgan fingerprint density at radius 3 is 2.64 bits per heavy atom. The first-order chi connectivity index (χ1) is 10.6. The molecule has 1 unspecified atom stereocenters. The van der Waals surface area contributed by atoms with Crippen molar-refractivity contribution in [1.29, 1.82) is 0 Å². The van der Waals surface area contributed by atoms with Crippen LogP contribution in [0.4, 0.5) is 5.69 Å². The second-order valence-electron chi connectivity index (χ2n) is 4.98. The van der Waals surface area contributed by atoms with Gasteiger partial charge in [0, 0.05) is 6.04 Å². The summed E-state index contributed by atoms with van der Waals surface area (Å²) < 4.78 is 0. The lowest BCUT2D eigenvalue weighted by Crippen LogP contribution is -2.35. The number of carboxylic acids is 1. The third-order valence-corrected chi connectivity index (χ3v) is 3.63. The fourth-order valence-electron chi connectivity index (χ4n) is 2.35. The van der Waals surface area contributed by atoms with E-state index in [-0.39, 0.29) is 16.8 Å². The normalized spacial score (nSPS) is 17.5. The van der Waals surface area contributed by atoms with Crippen molar-refractivity contribution in [3.05, 3.63) is 65.0 Å². The molecule has 6 heteroatoms. The number of pyridine rings is 1. The van der Waals surface area contributed by atoms with Gasteiger partial charge in [-0.25, -0.2) is 15.2 Å². The van der Waals surface area contributed by atoms with Crippen LogP contribution in [0.1, 0.15) is 23.0 Å². The lowest BCUT2D eigenvalue weighted by Gasteiger charge is -2.23. The van der Waals surface area contributed by atoms with Crippen molar-refractivity contribution in [3.63, 3.8) is 0 Å². The standard InChI is InChI=1S/C16H14ClN3O2/c1-10-9-14(20(19-10)11-5-3-2-4-6-11)13-8-7-12(16(21)22)15(17)18-13/h2-10,19H,1H3,(H,21,22). The molecule has 1 aliphatic heterocycles. The summed E-state index contributed by atoms with van der Waals surface area (Å²) in [7, 11) is 0. The Morgan fingerprint density at radius 2 is 2.00 bits per heavy atom. The Hall–Kier alpha value is -2.37. The van der Waals surface area contributed by atoms with Crippen LogP contribution >= 0.6 is 11.6 Å². The largest absolute Gasteiger partial charge is 0.478 e. The second-order valence-corrected chi connectivity index (χ2v) is 5.34. The predicted octanol–water partition coefficient (Wildman–Crippen LogP) is 3.19. The van der Waals surface area contributed by atoms with Gasteiger partial charge >= 0.3 is 5.97 Å². The van der Waals surface area contributed by atoms with E-state index in [0.717, 1.165) is 11.4 Å². The Bertz CT molecular complexity index is 746. The van der Waals surface area contributed by atoms with Crippen molar-refractivity contribution in [1.82, 2.24) is 10.4 Å². The van der Waals surface area contributed by atoms with Gasteiger partial charge in [0.15, 0.2) is 0 Å². The van der Waals surface area contributed by atoms with Gasteiger partial charge in [-0.15, -0.1) is 0 Å². The summed E-state index contributed by atoms with van der Waals surface area (Å²) >= 11 is 5.97. The smallest absolute Gasteiger partial charge is 0.338 e. The first kappa shape index (κ1) is 14.6. The van der Waals surface area contributed by atoms with Gasteiger partial charge in [0.1, 0.15) is 5.15 Å². The lowest BCUT2D eigenvalue weighted by atomic mass is 10.2. The van der Waals surface area contributed by atoms with Crippen LogP contribution in [0.5, 0.6) is 0 Å². The summed E-state index contributed by atoms with van der Waals surface area (Å²) in [6.45, 7) is 2.02. The quantitative estimate of drug-likeness (QED) is 0.852. The van der Waals surface area contributed by atoms with Gasteiger partial charge in [0.05, 0.1) is 22.6 Å². The molecule has 0 fully saturated rings. The summed E-state index contributed by atoms with van der Waals surface area (Å²) in [6, 6.07) is 13.1. The zero-order valence-electron chi connectivity index (χ0n) is 11.8. The SMILES string of the molecule is CC1C=C(c2ccc(C(=O)O)c(Cl)n2)N(c2ccccc2)N1.